The summed E-state index contributed by atoms with van der Waals surface area (Å²) >= 11 is 1.44. The molecule has 6 nitrogen and oxygen atoms in total. The van der Waals surface area contributed by atoms with Gasteiger partial charge in [0.15, 0.2) is 10.9 Å². The van der Waals surface area contributed by atoms with E-state index in [1.54, 1.807) is 31.6 Å². The molecule has 0 saturated carbocycles. The van der Waals surface area contributed by atoms with E-state index in [1.807, 2.05) is 54.6 Å². The molecule has 0 unspecified atom stereocenters. The number of carbonyl (C=O) groups excluding carboxylic acids is 1. The predicted molar refractivity (Wildman–Crippen MR) is 116 cm³/mol. The number of hydrogen-bond acceptors (Lipinski definition) is 6. The zero-order valence-corrected chi connectivity index (χ0v) is 17.1. The first-order chi connectivity index (χ1) is 14.7. The van der Waals surface area contributed by atoms with E-state index in [9.17, 15) is 4.79 Å². The lowest BCUT2D eigenvalue weighted by atomic mass is 10.2. The molecule has 2 aromatic carbocycles. The van der Waals surface area contributed by atoms with Gasteiger partial charge in [-0.15, -0.1) is 5.10 Å². The van der Waals surface area contributed by atoms with E-state index in [2.05, 4.69) is 10.1 Å². The van der Waals surface area contributed by atoms with Crippen molar-refractivity contribution in [1.82, 2.24) is 14.8 Å². The molecular formula is C23H19N3O3S. The number of ether oxygens (including phenoxy) is 1. The predicted octanol–water partition coefficient (Wildman–Crippen LogP) is 5.19. The van der Waals surface area contributed by atoms with Gasteiger partial charge in [0.25, 0.3) is 5.91 Å². The van der Waals surface area contributed by atoms with Crippen LogP contribution >= 0.6 is 11.8 Å². The zero-order valence-electron chi connectivity index (χ0n) is 16.3. The summed E-state index contributed by atoms with van der Waals surface area (Å²) in [4.78, 5) is 17.4. The van der Waals surface area contributed by atoms with Crippen LogP contribution in [0.25, 0.3) is 17.7 Å². The monoisotopic (exact) mass is 417 g/mol. The number of methoxy groups -OCH3 is 1. The van der Waals surface area contributed by atoms with Gasteiger partial charge in [0, 0.05) is 17.4 Å². The molecule has 0 spiro atoms. The minimum Gasteiger partial charge on any atom is -0.496 e. The van der Waals surface area contributed by atoms with Crippen molar-refractivity contribution in [2.24, 2.45) is 0 Å². The van der Waals surface area contributed by atoms with Gasteiger partial charge in [-0.3, -0.25) is 4.79 Å². The lowest BCUT2D eigenvalue weighted by molar-refractivity contribution is 0.0944. The van der Waals surface area contributed by atoms with E-state index in [-0.39, 0.29) is 5.91 Å². The van der Waals surface area contributed by atoms with Crippen molar-refractivity contribution in [3.63, 3.8) is 0 Å². The number of para-hydroxylation sites is 1. The topological polar surface area (TPSA) is 70.2 Å². The van der Waals surface area contributed by atoms with E-state index in [0.29, 0.717) is 28.2 Å². The number of carbonyl (C=O) groups is 1. The Morgan fingerprint density at radius 2 is 1.90 bits per heavy atom. The van der Waals surface area contributed by atoms with Gasteiger partial charge in [0.05, 0.1) is 13.4 Å². The summed E-state index contributed by atoms with van der Waals surface area (Å²) in [6.07, 6.45) is 4.72. The summed E-state index contributed by atoms with van der Waals surface area (Å²) in [5, 5.41) is 4.88. The Hall–Kier alpha value is -3.58. The minimum absolute atomic E-state index is 0.304. The summed E-state index contributed by atoms with van der Waals surface area (Å²) < 4.78 is 12.0. The quantitative estimate of drug-likeness (QED) is 0.304. The van der Waals surface area contributed by atoms with Crippen LogP contribution in [0, 0.1) is 0 Å². The molecule has 7 heteroatoms. The molecule has 2 aromatic heterocycles. The van der Waals surface area contributed by atoms with Crippen LogP contribution in [0.1, 0.15) is 15.9 Å². The average molecular weight is 417 g/mol. The molecule has 0 aliphatic heterocycles. The molecule has 0 bridgehead atoms. The van der Waals surface area contributed by atoms with Crippen molar-refractivity contribution in [3.05, 3.63) is 90.2 Å². The van der Waals surface area contributed by atoms with Gasteiger partial charge < -0.3 is 9.15 Å². The van der Waals surface area contributed by atoms with Crippen LogP contribution in [-0.2, 0) is 5.75 Å². The molecule has 0 saturated heterocycles. The largest absolute Gasteiger partial charge is 0.496 e. The molecule has 150 valence electrons. The standard InChI is InChI=1S/C23H19N3O3S/c1-28-19-11-6-5-10-18(19)13-14-21(27)26-23(30-16-17-8-3-2-4-9-17)24-22(25-26)20-12-7-15-29-20/h2-15H,16H2,1H3. The summed E-state index contributed by atoms with van der Waals surface area (Å²) in [6, 6.07) is 21.0. The normalized spacial score (nSPS) is 11.1. The molecular weight excluding hydrogens is 398 g/mol. The van der Waals surface area contributed by atoms with Gasteiger partial charge in [-0.05, 0) is 29.8 Å². The lowest BCUT2D eigenvalue weighted by Gasteiger charge is -2.04. The fourth-order valence-electron chi connectivity index (χ4n) is 2.80. The van der Waals surface area contributed by atoms with Crippen molar-refractivity contribution in [1.29, 1.82) is 0 Å². The SMILES string of the molecule is COc1ccccc1C=CC(=O)n1nc(-c2ccco2)nc1SCc1ccccc1. The van der Waals surface area contributed by atoms with Gasteiger partial charge in [-0.1, -0.05) is 60.3 Å². The third kappa shape index (κ3) is 4.52. The maximum atomic E-state index is 12.9. The van der Waals surface area contributed by atoms with Crippen molar-refractivity contribution in [2.45, 2.75) is 10.9 Å². The zero-order chi connectivity index (χ0) is 20.8. The van der Waals surface area contributed by atoms with Crippen molar-refractivity contribution < 1.29 is 13.9 Å². The molecule has 4 aromatic rings. The molecule has 30 heavy (non-hydrogen) atoms. The van der Waals surface area contributed by atoms with Gasteiger partial charge in [0.2, 0.25) is 5.82 Å². The number of furan rings is 1. The maximum absolute atomic E-state index is 12.9. The number of hydrogen-bond donors (Lipinski definition) is 0. The number of benzene rings is 2. The van der Waals surface area contributed by atoms with E-state index in [0.717, 1.165) is 11.1 Å². The second-order valence-electron chi connectivity index (χ2n) is 6.29. The molecule has 0 fully saturated rings. The summed E-state index contributed by atoms with van der Waals surface area (Å²) in [6.45, 7) is 0. The number of nitrogens with zero attached hydrogens (tertiary/aromatic N) is 3. The first kappa shape index (κ1) is 19.7. The van der Waals surface area contributed by atoms with Crippen LogP contribution < -0.4 is 4.74 Å². The van der Waals surface area contributed by atoms with Crippen LogP contribution in [0.2, 0.25) is 0 Å². The number of aromatic nitrogens is 3. The molecule has 0 amide bonds. The molecule has 4 rings (SSSR count). The van der Waals surface area contributed by atoms with Gasteiger partial charge in [-0.25, -0.2) is 0 Å². The molecule has 0 aliphatic rings. The second-order valence-corrected chi connectivity index (χ2v) is 7.24. The van der Waals surface area contributed by atoms with Gasteiger partial charge in [-0.2, -0.15) is 9.67 Å². The van der Waals surface area contributed by atoms with Crippen LogP contribution in [0.5, 0.6) is 5.75 Å². The highest BCUT2D eigenvalue weighted by molar-refractivity contribution is 7.98. The molecule has 0 radical (unpaired) electrons. The van der Waals surface area contributed by atoms with Crippen LogP contribution in [0.4, 0.5) is 0 Å². The highest BCUT2D eigenvalue weighted by Crippen LogP contribution is 2.25. The van der Waals surface area contributed by atoms with Crippen molar-refractivity contribution in [2.75, 3.05) is 7.11 Å². The highest BCUT2D eigenvalue weighted by atomic mass is 32.2. The van der Waals surface area contributed by atoms with Crippen molar-refractivity contribution >= 4 is 23.7 Å². The summed E-state index contributed by atoms with van der Waals surface area (Å²) in [7, 11) is 1.60. The number of thioether (sulfide) groups is 1. The Morgan fingerprint density at radius 1 is 1.10 bits per heavy atom. The molecule has 0 N–H and O–H groups in total. The fourth-order valence-corrected chi connectivity index (χ4v) is 3.70. The molecule has 2 heterocycles. The Kier molecular flexibility index (Phi) is 6.10. The van der Waals surface area contributed by atoms with E-state index in [1.165, 1.54) is 22.5 Å². The Balaban J connectivity index is 1.61. The Morgan fingerprint density at radius 3 is 2.67 bits per heavy atom. The summed E-state index contributed by atoms with van der Waals surface area (Å²) in [5.41, 5.74) is 1.94. The third-order valence-corrected chi connectivity index (χ3v) is 5.28. The number of allylic oxidation sites excluding steroid dienone is 1. The second kappa shape index (κ2) is 9.28. The van der Waals surface area contributed by atoms with E-state index >= 15 is 0 Å². The first-order valence-corrected chi connectivity index (χ1v) is 10.3. The fraction of sp³-hybridized carbons (Fsp3) is 0.0870. The van der Waals surface area contributed by atoms with Gasteiger partial charge in [0.1, 0.15) is 5.75 Å². The van der Waals surface area contributed by atoms with E-state index < -0.39 is 0 Å². The molecule has 0 atom stereocenters. The van der Waals surface area contributed by atoms with E-state index in [4.69, 9.17) is 9.15 Å². The highest BCUT2D eigenvalue weighted by Gasteiger charge is 2.18. The average Bonchev–Trinajstić information content (AvgIpc) is 3.47. The Bertz CT molecular complexity index is 1150. The van der Waals surface area contributed by atoms with Crippen LogP contribution in [0.3, 0.4) is 0 Å². The third-order valence-electron chi connectivity index (χ3n) is 4.28. The summed E-state index contributed by atoms with van der Waals surface area (Å²) in [5.74, 6) is 1.93. The lowest BCUT2D eigenvalue weighted by Crippen LogP contribution is -2.11. The Labute approximate surface area is 178 Å². The number of rotatable bonds is 7. The van der Waals surface area contributed by atoms with Crippen LogP contribution in [0.15, 0.2) is 88.6 Å². The molecule has 0 aliphatic carbocycles. The van der Waals surface area contributed by atoms with Gasteiger partial charge >= 0.3 is 0 Å². The minimum atomic E-state index is -0.304. The van der Waals surface area contributed by atoms with Crippen molar-refractivity contribution in [3.8, 4) is 17.3 Å². The maximum Gasteiger partial charge on any atom is 0.273 e. The van der Waals surface area contributed by atoms with Crippen LogP contribution in [-0.4, -0.2) is 27.8 Å². The first-order valence-electron chi connectivity index (χ1n) is 9.27. The smallest absolute Gasteiger partial charge is 0.273 e.